The van der Waals surface area contributed by atoms with Gasteiger partial charge in [-0.3, -0.25) is 9.88 Å². The SMILES string of the molecule is CC(C)(C)N(C(=O)O)c1c(Br)cnc2c1CCC2. The molecule has 1 amide bonds. The van der Waals surface area contributed by atoms with E-state index in [0.29, 0.717) is 0 Å². The minimum atomic E-state index is -0.927. The van der Waals surface area contributed by atoms with E-state index in [2.05, 4.69) is 20.9 Å². The lowest BCUT2D eigenvalue weighted by molar-refractivity contribution is 0.195. The smallest absolute Gasteiger partial charge is 0.412 e. The molecule has 4 nitrogen and oxygen atoms in total. The van der Waals surface area contributed by atoms with Gasteiger partial charge < -0.3 is 5.11 Å². The second-order valence-corrected chi connectivity index (χ2v) is 6.38. The molecule has 98 valence electrons. The van der Waals surface area contributed by atoms with E-state index >= 15 is 0 Å². The van der Waals surface area contributed by atoms with Gasteiger partial charge in [0.2, 0.25) is 0 Å². The van der Waals surface area contributed by atoms with Crippen molar-refractivity contribution in [3.63, 3.8) is 0 Å². The Hall–Kier alpha value is -1.10. The maximum Gasteiger partial charge on any atom is 0.412 e. The second kappa shape index (κ2) is 4.53. The summed E-state index contributed by atoms with van der Waals surface area (Å²) in [6.45, 7) is 5.69. The third-order valence-corrected chi connectivity index (χ3v) is 3.70. The van der Waals surface area contributed by atoms with Crippen LogP contribution in [0.1, 0.15) is 38.4 Å². The lowest BCUT2D eigenvalue weighted by Crippen LogP contribution is -2.46. The van der Waals surface area contributed by atoms with Crippen LogP contribution < -0.4 is 4.90 Å². The highest BCUT2D eigenvalue weighted by Gasteiger charge is 2.33. The Labute approximate surface area is 115 Å². The van der Waals surface area contributed by atoms with E-state index < -0.39 is 11.6 Å². The van der Waals surface area contributed by atoms with Gasteiger partial charge in [-0.25, -0.2) is 4.79 Å². The van der Waals surface area contributed by atoms with Crippen LogP contribution in [0.25, 0.3) is 0 Å². The predicted octanol–water partition coefficient (Wildman–Crippen LogP) is 3.62. The first-order chi connectivity index (χ1) is 8.32. The van der Waals surface area contributed by atoms with E-state index in [4.69, 9.17) is 0 Å². The highest BCUT2D eigenvalue weighted by atomic mass is 79.9. The number of aromatic nitrogens is 1. The average molecular weight is 313 g/mol. The third-order valence-electron chi connectivity index (χ3n) is 3.12. The molecule has 1 aromatic rings. The van der Waals surface area contributed by atoms with Crippen molar-refractivity contribution < 1.29 is 9.90 Å². The summed E-state index contributed by atoms with van der Waals surface area (Å²) < 4.78 is 0.750. The van der Waals surface area contributed by atoms with Crippen LogP contribution in [0.3, 0.4) is 0 Å². The molecule has 2 rings (SSSR count). The topological polar surface area (TPSA) is 53.4 Å². The first kappa shape index (κ1) is 13.3. The molecule has 0 radical (unpaired) electrons. The zero-order chi connectivity index (χ0) is 13.5. The van der Waals surface area contributed by atoms with Gasteiger partial charge in [0.05, 0.1) is 10.2 Å². The number of halogens is 1. The molecule has 0 fully saturated rings. The molecule has 0 saturated heterocycles. The van der Waals surface area contributed by atoms with Gasteiger partial charge in [-0.15, -0.1) is 0 Å². The summed E-state index contributed by atoms with van der Waals surface area (Å²) in [5, 5.41) is 9.50. The van der Waals surface area contributed by atoms with Crippen molar-refractivity contribution in [2.75, 3.05) is 4.90 Å². The molecule has 18 heavy (non-hydrogen) atoms. The lowest BCUT2D eigenvalue weighted by atomic mass is 10.0. The molecule has 0 aliphatic heterocycles. The Morgan fingerprint density at radius 3 is 2.67 bits per heavy atom. The molecule has 1 aromatic heterocycles. The molecule has 0 saturated carbocycles. The zero-order valence-corrected chi connectivity index (χ0v) is 12.4. The number of pyridine rings is 1. The maximum atomic E-state index is 11.6. The van der Waals surface area contributed by atoms with Gasteiger partial charge in [-0.2, -0.15) is 0 Å². The fourth-order valence-corrected chi connectivity index (χ4v) is 2.94. The number of fused-ring (bicyclic) bond motifs is 1. The van der Waals surface area contributed by atoms with Crippen molar-refractivity contribution in [3.05, 3.63) is 21.9 Å². The van der Waals surface area contributed by atoms with Gasteiger partial charge in [-0.1, -0.05) is 0 Å². The van der Waals surface area contributed by atoms with Gasteiger partial charge in [0.1, 0.15) is 0 Å². The molecule has 1 heterocycles. The summed E-state index contributed by atoms with van der Waals surface area (Å²) in [6.07, 6.45) is 3.66. The standard InChI is InChI=1S/C13H17BrN2O2/c1-13(2,3)16(12(17)18)11-8-5-4-6-10(8)15-7-9(11)14/h7H,4-6H2,1-3H3,(H,17,18). The van der Waals surface area contributed by atoms with Crippen molar-refractivity contribution >= 4 is 27.7 Å². The summed E-state index contributed by atoms with van der Waals surface area (Å²) in [5.74, 6) is 0. The van der Waals surface area contributed by atoms with Gasteiger partial charge in [0, 0.05) is 17.4 Å². The van der Waals surface area contributed by atoms with Crippen molar-refractivity contribution in [3.8, 4) is 0 Å². The Morgan fingerprint density at radius 2 is 2.11 bits per heavy atom. The van der Waals surface area contributed by atoms with Gasteiger partial charge in [0.15, 0.2) is 0 Å². The average Bonchev–Trinajstić information content (AvgIpc) is 2.67. The Kier molecular flexibility index (Phi) is 3.36. The number of hydrogen-bond acceptors (Lipinski definition) is 2. The van der Waals surface area contributed by atoms with Crippen LogP contribution in [0.2, 0.25) is 0 Å². The number of amides is 1. The third kappa shape index (κ3) is 2.23. The molecule has 1 N–H and O–H groups in total. The Bertz CT molecular complexity index is 494. The minimum absolute atomic E-state index is 0.480. The van der Waals surface area contributed by atoms with Crippen molar-refractivity contribution in [2.45, 2.75) is 45.6 Å². The Balaban J connectivity index is 2.62. The van der Waals surface area contributed by atoms with E-state index in [0.717, 1.165) is 40.7 Å². The molecule has 0 bridgehead atoms. The van der Waals surface area contributed by atoms with E-state index in [-0.39, 0.29) is 0 Å². The first-order valence-electron chi connectivity index (χ1n) is 6.02. The Morgan fingerprint density at radius 1 is 1.44 bits per heavy atom. The quantitative estimate of drug-likeness (QED) is 0.861. The molecule has 0 atom stereocenters. The lowest BCUT2D eigenvalue weighted by Gasteiger charge is -2.35. The van der Waals surface area contributed by atoms with Crippen LogP contribution in [0.15, 0.2) is 10.7 Å². The van der Waals surface area contributed by atoms with Crippen LogP contribution in [0.5, 0.6) is 0 Å². The van der Waals surface area contributed by atoms with Crippen LogP contribution in [0.4, 0.5) is 10.5 Å². The fraction of sp³-hybridized carbons (Fsp3) is 0.538. The molecular weight excluding hydrogens is 296 g/mol. The highest BCUT2D eigenvalue weighted by Crippen LogP contribution is 2.39. The first-order valence-corrected chi connectivity index (χ1v) is 6.81. The number of nitrogens with zero attached hydrogens (tertiary/aromatic N) is 2. The van der Waals surface area contributed by atoms with E-state index in [1.165, 1.54) is 4.90 Å². The molecule has 1 aliphatic rings. The van der Waals surface area contributed by atoms with Gasteiger partial charge in [-0.05, 0) is 61.5 Å². The van der Waals surface area contributed by atoms with Gasteiger partial charge in [0.25, 0.3) is 0 Å². The largest absolute Gasteiger partial charge is 0.465 e. The molecule has 5 heteroatoms. The number of hydrogen-bond donors (Lipinski definition) is 1. The van der Waals surface area contributed by atoms with Gasteiger partial charge >= 0.3 is 6.09 Å². The van der Waals surface area contributed by atoms with Crippen LogP contribution >= 0.6 is 15.9 Å². The normalized spacial score (nSPS) is 14.4. The van der Waals surface area contributed by atoms with Crippen LogP contribution in [-0.4, -0.2) is 21.7 Å². The number of carbonyl (C=O) groups is 1. The van der Waals surface area contributed by atoms with Crippen molar-refractivity contribution in [1.82, 2.24) is 4.98 Å². The second-order valence-electron chi connectivity index (χ2n) is 5.52. The van der Waals surface area contributed by atoms with E-state index in [1.54, 1.807) is 6.20 Å². The number of rotatable bonds is 1. The number of carboxylic acid groups (broad SMARTS) is 1. The van der Waals surface area contributed by atoms with Crippen molar-refractivity contribution in [2.24, 2.45) is 0 Å². The number of anilines is 1. The summed E-state index contributed by atoms with van der Waals surface area (Å²) in [4.78, 5) is 17.4. The monoisotopic (exact) mass is 312 g/mol. The van der Waals surface area contributed by atoms with Crippen LogP contribution in [-0.2, 0) is 12.8 Å². The fourth-order valence-electron chi connectivity index (χ4n) is 2.42. The number of aryl methyl sites for hydroxylation is 1. The summed E-state index contributed by atoms with van der Waals surface area (Å²) >= 11 is 3.44. The summed E-state index contributed by atoms with van der Waals surface area (Å²) in [5.41, 5.74) is 2.38. The molecule has 1 aliphatic carbocycles. The molecule has 0 spiro atoms. The maximum absolute atomic E-state index is 11.6. The van der Waals surface area contributed by atoms with E-state index in [9.17, 15) is 9.90 Å². The highest BCUT2D eigenvalue weighted by molar-refractivity contribution is 9.10. The van der Waals surface area contributed by atoms with Crippen molar-refractivity contribution in [1.29, 1.82) is 0 Å². The molecule has 0 aromatic carbocycles. The van der Waals surface area contributed by atoms with Crippen LogP contribution in [0, 0.1) is 0 Å². The molecule has 0 unspecified atom stereocenters. The predicted molar refractivity (Wildman–Crippen MR) is 74.2 cm³/mol. The summed E-state index contributed by atoms with van der Waals surface area (Å²) in [6, 6.07) is 0. The van der Waals surface area contributed by atoms with E-state index in [1.807, 2.05) is 20.8 Å². The summed E-state index contributed by atoms with van der Waals surface area (Å²) in [7, 11) is 0. The zero-order valence-electron chi connectivity index (χ0n) is 10.8. The molecular formula is C13H17BrN2O2. The minimum Gasteiger partial charge on any atom is -0.465 e.